The largest absolute Gasteiger partial charge is 0.377 e. The van der Waals surface area contributed by atoms with Gasteiger partial charge in [0.05, 0.1) is 22.3 Å². The third kappa shape index (κ3) is 5.62. The summed E-state index contributed by atoms with van der Waals surface area (Å²) in [5.74, 6) is -0.486. The van der Waals surface area contributed by atoms with Gasteiger partial charge >= 0.3 is 0 Å². The molecular weight excluding hydrogens is 469 g/mol. The Balaban J connectivity index is 1.53. The summed E-state index contributed by atoms with van der Waals surface area (Å²) in [4.78, 5) is 19.6. The molecule has 0 N–H and O–H groups in total. The SMILES string of the molecule is COC(C)c1ccc(N2CCN(C(=O)c3cc(S(C)(=O)=O)ccc3N3CCCCC3)CC2)c(F)c1. The van der Waals surface area contributed by atoms with Gasteiger partial charge in [0.15, 0.2) is 9.84 Å². The number of hydrogen-bond donors (Lipinski definition) is 0. The van der Waals surface area contributed by atoms with Crippen LogP contribution in [0.3, 0.4) is 0 Å². The van der Waals surface area contributed by atoms with Crippen molar-refractivity contribution in [2.45, 2.75) is 37.2 Å². The number of nitrogens with zero attached hydrogens (tertiary/aromatic N) is 3. The van der Waals surface area contributed by atoms with Crippen molar-refractivity contribution in [3.63, 3.8) is 0 Å². The van der Waals surface area contributed by atoms with Crippen LogP contribution in [0.5, 0.6) is 0 Å². The van der Waals surface area contributed by atoms with Gasteiger partial charge in [0, 0.05) is 58.3 Å². The lowest BCUT2D eigenvalue weighted by Crippen LogP contribution is -2.49. The number of halogens is 1. The minimum atomic E-state index is -3.45. The molecular formula is C26H34FN3O4S. The molecule has 0 radical (unpaired) electrons. The highest BCUT2D eigenvalue weighted by Gasteiger charge is 2.28. The zero-order valence-electron chi connectivity index (χ0n) is 20.7. The van der Waals surface area contributed by atoms with E-state index in [0.29, 0.717) is 37.4 Å². The number of hydrogen-bond acceptors (Lipinski definition) is 6. The second-order valence-corrected chi connectivity index (χ2v) is 11.4. The van der Waals surface area contributed by atoms with Gasteiger partial charge in [-0.1, -0.05) is 6.07 Å². The normalized spacial score (nSPS) is 18.0. The number of carbonyl (C=O) groups excluding carboxylic acids is 1. The second kappa shape index (κ2) is 10.5. The van der Waals surface area contributed by atoms with Crippen molar-refractivity contribution < 1.29 is 22.3 Å². The smallest absolute Gasteiger partial charge is 0.256 e. The van der Waals surface area contributed by atoms with Crippen LogP contribution >= 0.6 is 0 Å². The summed E-state index contributed by atoms with van der Waals surface area (Å²) in [5.41, 5.74) is 2.50. The summed E-state index contributed by atoms with van der Waals surface area (Å²) < 4.78 is 44.5. The van der Waals surface area contributed by atoms with Gasteiger partial charge in [-0.3, -0.25) is 4.79 Å². The lowest BCUT2D eigenvalue weighted by molar-refractivity contribution is 0.0747. The van der Waals surface area contributed by atoms with Crippen LogP contribution in [0.4, 0.5) is 15.8 Å². The summed E-state index contributed by atoms with van der Waals surface area (Å²) in [6, 6.07) is 10.0. The third-order valence-electron chi connectivity index (χ3n) is 7.03. The van der Waals surface area contributed by atoms with Crippen LogP contribution < -0.4 is 9.80 Å². The van der Waals surface area contributed by atoms with Gasteiger partial charge in [0.25, 0.3) is 5.91 Å². The zero-order valence-corrected chi connectivity index (χ0v) is 21.5. The number of ether oxygens (including phenoxy) is 1. The summed E-state index contributed by atoms with van der Waals surface area (Å²) in [5, 5.41) is 0. The van der Waals surface area contributed by atoms with Crippen LogP contribution in [0, 0.1) is 5.82 Å². The molecule has 1 amide bonds. The van der Waals surface area contributed by atoms with Crippen molar-refractivity contribution in [1.82, 2.24) is 4.90 Å². The van der Waals surface area contributed by atoms with Gasteiger partial charge in [0.2, 0.25) is 0 Å². The lowest BCUT2D eigenvalue weighted by Gasteiger charge is -2.37. The first kappa shape index (κ1) is 25.4. The van der Waals surface area contributed by atoms with E-state index in [4.69, 9.17) is 4.74 Å². The number of piperazine rings is 1. The molecule has 0 bridgehead atoms. The molecule has 2 aliphatic heterocycles. The lowest BCUT2D eigenvalue weighted by atomic mass is 10.1. The molecule has 2 aromatic rings. The molecule has 35 heavy (non-hydrogen) atoms. The van der Waals surface area contributed by atoms with E-state index in [1.54, 1.807) is 30.2 Å². The molecule has 2 aromatic carbocycles. The van der Waals surface area contributed by atoms with Gasteiger partial charge in [-0.2, -0.15) is 0 Å². The van der Waals surface area contributed by atoms with Crippen molar-refractivity contribution in [3.05, 3.63) is 53.3 Å². The molecule has 190 valence electrons. The average molecular weight is 504 g/mol. The van der Waals surface area contributed by atoms with Crippen molar-refractivity contribution in [3.8, 4) is 0 Å². The Labute approximate surface area is 207 Å². The maximum Gasteiger partial charge on any atom is 0.256 e. The molecule has 0 spiro atoms. The monoisotopic (exact) mass is 503 g/mol. The van der Waals surface area contributed by atoms with Gasteiger partial charge < -0.3 is 19.4 Å². The molecule has 0 saturated carbocycles. The molecule has 1 unspecified atom stereocenters. The van der Waals surface area contributed by atoms with E-state index >= 15 is 0 Å². The molecule has 4 rings (SSSR count). The molecule has 7 nitrogen and oxygen atoms in total. The number of benzene rings is 2. The Bertz CT molecular complexity index is 1170. The minimum Gasteiger partial charge on any atom is -0.377 e. The number of piperidine rings is 1. The number of rotatable bonds is 6. The third-order valence-corrected chi connectivity index (χ3v) is 8.14. The van der Waals surface area contributed by atoms with Crippen molar-refractivity contribution in [2.24, 2.45) is 0 Å². The number of anilines is 2. The standard InChI is InChI=1S/C26H34FN3O4S/c1-19(34-2)20-7-9-25(23(27)17-20)29-13-15-30(16-14-29)26(31)22-18-21(35(3,32)33)8-10-24(22)28-11-5-4-6-12-28/h7-10,17-19H,4-6,11-16H2,1-3H3. The molecule has 0 aliphatic carbocycles. The fourth-order valence-corrected chi connectivity index (χ4v) is 5.46. The average Bonchev–Trinajstić information content (AvgIpc) is 2.87. The quantitative estimate of drug-likeness (QED) is 0.596. The fourth-order valence-electron chi connectivity index (χ4n) is 4.82. The van der Waals surface area contributed by atoms with E-state index in [1.807, 2.05) is 17.9 Å². The van der Waals surface area contributed by atoms with Gasteiger partial charge in [0.1, 0.15) is 5.82 Å². The Hall–Kier alpha value is -2.65. The van der Waals surface area contributed by atoms with Crippen LogP contribution in [0.15, 0.2) is 41.3 Å². The van der Waals surface area contributed by atoms with Crippen LogP contribution in [0.25, 0.3) is 0 Å². The zero-order chi connectivity index (χ0) is 25.2. The van der Waals surface area contributed by atoms with E-state index in [1.165, 1.54) is 12.1 Å². The molecule has 0 aromatic heterocycles. The predicted molar refractivity (Wildman–Crippen MR) is 136 cm³/mol. The first-order chi connectivity index (χ1) is 16.7. The first-order valence-electron chi connectivity index (χ1n) is 12.1. The van der Waals surface area contributed by atoms with Gasteiger partial charge in [-0.15, -0.1) is 0 Å². The Morgan fingerprint density at radius 2 is 1.54 bits per heavy atom. The number of sulfone groups is 1. The number of methoxy groups -OCH3 is 1. The van der Waals surface area contributed by atoms with Crippen molar-refractivity contribution in [1.29, 1.82) is 0 Å². The highest BCUT2D eigenvalue weighted by Crippen LogP contribution is 2.30. The van der Waals surface area contributed by atoms with E-state index in [9.17, 15) is 17.6 Å². The van der Waals surface area contributed by atoms with Crippen LogP contribution in [-0.4, -0.2) is 71.9 Å². The second-order valence-electron chi connectivity index (χ2n) is 9.37. The first-order valence-corrected chi connectivity index (χ1v) is 14.0. The van der Waals surface area contributed by atoms with Crippen LogP contribution in [0.2, 0.25) is 0 Å². The van der Waals surface area contributed by atoms with E-state index in [0.717, 1.165) is 49.9 Å². The Morgan fingerprint density at radius 1 is 0.914 bits per heavy atom. The number of amides is 1. The molecule has 9 heteroatoms. The van der Waals surface area contributed by atoms with Crippen LogP contribution in [-0.2, 0) is 14.6 Å². The maximum absolute atomic E-state index is 14.8. The molecule has 2 heterocycles. The highest BCUT2D eigenvalue weighted by atomic mass is 32.2. The Morgan fingerprint density at radius 3 is 2.14 bits per heavy atom. The summed E-state index contributed by atoms with van der Waals surface area (Å²) >= 11 is 0. The van der Waals surface area contributed by atoms with Crippen molar-refractivity contribution >= 4 is 27.1 Å². The van der Waals surface area contributed by atoms with Crippen LogP contribution in [0.1, 0.15) is 48.2 Å². The molecule has 2 fully saturated rings. The van der Waals surface area contributed by atoms with Gasteiger partial charge in [-0.25, -0.2) is 12.8 Å². The predicted octanol–water partition coefficient (Wildman–Crippen LogP) is 3.89. The van der Waals surface area contributed by atoms with E-state index < -0.39 is 9.84 Å². The topological polar surface area (TPSA) is 70.2 Å². The summed E-state index contributed by atoms with van der Waals surface area (Å²) in [7, 11) is -1.85. The molecule has 2 aliphatic rings. The number of carbonyl (C=O) groups is 1. The molecule has 1 atom stereocenters. The fraction of sp³-hybridized carbons (Fsp3) is 0.500. The van der Waals surface area contributed by atoms with Crippen molar-refractivity contribution in [2.75, 3.05) is 62.4 Å². The minimum absolute atomic E-state index is 0.146. The van der Waals surface area contributed by atoms with Gasteiger partial charge in [-0.05, 0) is 62.1 Å². The summed E-state index contributed by atoms with van der Waals surface area (Å²) in [6.07, 6.45) is 4.22. The van der Waals surface area contributed by atoms with E-state index in [2.05, 4.69) is 4.90 Å². The maximum atomic E-state index is 14.8. The Kier molecular flexibility index (Phi) is 7.66. The summed E-state index contributed by atoms with van der Waals surface area (Å²) in [6.45, 7) is 5.41. The molecule has 2 saturated heterocycles. The highest BCUT2D eigenvalue weighted by molar-refractivity contribution is 7.90. The van der Waals surface area contributed by atoms with E-state index in [-0.39, 0.29) is 22.7 Å².